The summed E-state index contributed by atoms with van der Waals surface area (Å²) in [4.78, 5) is 16.0. The Morgan fingerprint density at radius 2 is 1.68 bits per heavy atom. The third kappa shape index (κ3) is 4.16. The van der Waals surface area contributed by atoms with Crippen molar-refractivity contribution >= 4 is 27.5 Å². The van der Waals surface area contributed by atoms with Crippen LogP contribution in [0.25, 0.3) is 5.76 Å². The van der Waals surface area contributed by atoms with E-state index < -0.39 is 27.4 Å². The number of hydrogen-bond acceptors (Lipinski definition) is 5. The van der Waals surface area contributed by atoms with Crippen molar-refractivity contribution in [2.24, 2.45) is 0 Å². The summed E-state index contributed by atoms with van der Waals surface area (Å²) < 4.78 is 26.3. The maximum absolute atomic E-state index is 12.2. The second kappa shape index (κ2) is 8.29. The lowest BCUT2D eigenvalue weighted by molar-refractivity contribution is -0.113. The zero-order valence-corrected chi connectivity index (χ0v) is 12.0. The number of sulfonamides is 1. The molecule has 0 bridgehead atoms. The maximum Gasteiger partial charge on any atom is 0.277 e. The summed E-state index contributed by atoms with van der Waals surface area (Å²) in [6, 6.07) is 10.8. The van der Waals surface area contributed by atoms with Crippen LogP contribution in [0.15, 0.2) is 59.3 Å². The molecular weight excluding hydrogens is 342 g/mol. The first kappa shape index (κ1) is 22.1. The molecule has 0 fully saturated rings. The molecule has 8 heteroatoms. The number of fused-ring (bicyclic) bond motifs is 1. The smallest absolute Gasteiger partial charge is 0.277 e. The summed E-state index contributed by atoms with van der Waals surface area (Å²) in [7, 11) is -3.91. The summed E-state index contributed by atoms with van der Waals surface area (Å²) in [5.41, 5.74) is -0.364. The largest absolute Gasteiger partial charge is 0.505 e. The standard InChI is InChI=1S/C14H11N3O4S.3CH4/c18-13-9-5-1-2-6-10(9)22(20,21)17-12(13)14(19)16-11-7-3-4-8-15-11;;;/h1-8,17-18H,(H,15,16,19);3*1H4. The predicted molar refractivity (Wildman–Crippen MR) is 99.4 cm³/mol. The third-order valence-corrected chi connectivity index (χ3v) is 4.45. The fraction of sp³-hybridized carbons (Fsp3) is 0.176. The van der Waals surface area contributed by atoms with Crippen LogP contribution in [0.5, 0.6) is 0 Å². The van der Waals surface area contributed by atoms with Crippen LogP contribution < -0.4 is 10.0 Å². The minimum absolute atomic E-state index is 0. The topological polar surface area (TPSA) is 108 Å². The van der Waals surface area contributed by atoms with E-state index in [4.69, 9.17) is 0 Å². The van der Waals surface area contributed by atoms with Crippen LogP contribution in [0.3, 0.4) is 0 Å². The molecule has 3 N–H and O–H groups in total. The molecule has 0 atom stereocenters. The molecule has 0 spiro atoms. The number of benzene rings is 1. The van der Waals surface area contributed by atoms with Crippen LogP contribution in [0.2, 0.25) is 0 Å². The highest BCUT2D eigenvalue weighted by Gasteiger charge is 2.32. The Labute approximate surface area is 148 Å². The van der Waals surface area contributed by atoms with Crippen molar-refractivity contribution in [1.29, 1.82) is 0 Å². The quantitative estimate of drug-likeness (QED) is 0.757. The van der Waals surface area contributed by atoms with Crippen molar-refractivity contribution in [2.75, 3.05) is 5.32 Å². The number of hydrogen-bond donors (Lipinski definition) is 3. The second-order valence-corrected chi connectivity index (χ2v) is 6.15. The van der Waals surface area contributed by atoms with Gasteiger partial charge in [-0.1, -0.05) is 40.5 Å². The van der Waals surface area contributed by atoms with Crippen LogP contribution >= 0.6 is 0 Å². The zero-order valence-electron chi connectivity index (χ0n) is 11.1. The van der Waals surface area contributed by atoms with Gasteiger partial charge in [0.1, 0.15) is 5.82 Å². The molecule has 0 saturated carbocycles. The Bertz CT molecular complexity index is 878. The molecule has 0 saturated heterocycles. The molecule has 2 aromatic rings. The minimum Gasteiger partial charge on any atom is -0.505 e. The van der Waals surface area contributed by atoms with Gasteiger partial charge >= 0.3 is 0 Å². The van der Waals surface area contributed by atoms with Gasteiger partial charge in [0, 0.05) is 11.8 Å². The molecule has 0 aliphatic carbocycles. The lowest BCUT2D eigenvalue weighted by atomic mass is 10.1. The van der Waals surface area contributed by atoms with Gasteiger partial charge in [0.05, 0.1) is 4.90 Å². The number of aromatic nitrogens is 1. The number of rotatable bonds is 2. The minimum atomic E-state index is -3.91. The number of amides is 1. The van der Waals surface area contributed by atoms with Crippen LogP contribution in [0.1, 0.15) is 27.8 Å². The van der Waals surface area contributed by atoms with Gasteiger partial charge in [-0.3, -0.25) is 9.52 Å². The molecule has 1 aliphatic rings. The first-order valence-electron chi connectivity index (χ1n) is 6.27. The Morgan fingerprint density at radius 1 is 1.04 bits per heavy atom. The number of aliphatic hydroxyl groups excluding tert-OH is 1. The van der Waals surface area contributed by atoms with E-state index in [-0.39, 0.29) is 38.6 Å². The number of aliphatic hydroxyl groups is 1. The highest BCUT2D eigenvalue weighted by Crippen LogP contribution is 2.28. The lowest BCUT2D eigenvalue weighted by Crippen LogP contribution is -2.35. The number of nitrogens with zero attached hydrogens (tertiary/aromatic N) is 1. The normalized spacial score (nSPS) is 13.8. The van der Waals surface area contributed by atoms with E-state index in [1.165, 1.54) is 24.4 Å². The lowest BCUT2D eigenvalue weighted by Gasteiger charge is -2.20. The summed E-state index contributed by atoms with van der Waals surface area (Å²) in [5, 5.41) is 12.6. The van der Waals surface area contributed by atoms with E-state index in [1.807, 2.05) is 0 Å². The summed E-state index contributed by atoms with van der Waals surface area (Å²) in [6.45, 7) is 0. The van der Waals surface area contributed by atoms with Crippen molar-refractivity contribution in [3.05, 3.63) is 59.9 Å². The van der Waals surface area contributed by atoms with Crippen LogP contribution in [-0.2, 0) is 14.8 Å². The second-order valence-electron chi connectivity index (χ2n) is 4.49. The average Bonchev–Trinajstić information content (AvgIpc) is 2.52. The van der Waals surface area contributed by atoms with E-state index >= 15 is 0 Å². The summed E-state index contributed by atoms with van der Waals surface area (Å²) in [6.07, 6.45) is 1.48. The molecule has 25 heavy (non-hydrogen) atoms. The van der Waals surface area contributed by atoms with Gasteiger partial charge in [-0.25, -0.2) is 13.4 Å². The number of anilines is 1. The van der Waals surface area contributed by atoms with E-state index in [1.54, 1.807) is 24.3 Å². The Kier molecular flexibility index (Phi) is 7.34. The first-order chi connectivity index (χ1) is 10.5. The Balaban J connectivity index is 0.00000192. The number of carbonyl (C=O) groups is 1. The Morgan fingerprint density at radius 3 is 2.32 bits per heavy atom. The molecule has 1 aromatic carbocycles. The molecule has 1 amide bonds. The SMILES string of the molecule is C.C.C.O=C(Nc1ccccn1)C1=C(O)c2ccccc2S(=O)(=O)N1. The van der Waals surface area contributed by atoms with E-state index in [0.29, 0.717) is 0 Å². The molecule has 2 heterocycles. The van der Waals surface area contributed by atoms with Crippen molar-refractivity contribution in [3.8, 4) is 0 Å². The van der Waals surface area contributed by atoms with Gasteiger partial charge in [-0.05, 0) is 24.3 Å². The van der Waals surface area contributed by atoms with Gasteiger partial charge in [0.15, 0.2) is 11.5 Å². The van der Waals surface area contributed by atoms with Crippen molar-refractivity contribution in [3.63, 3.8) is 0 Å². The summed E-state index contributed by atoms with van der Waals surface area (Å²) in [5.74, 6) is -0.987. The van der Waals surface area contributed by atoms with Gasteiger partial charge in [0.25, 0.3) is 15.9 Å². The van der Waals surface area contributed by atoms with Crippen LogP contribution in [0, 0.1) is 0 Å². The highest BCUT2D eigenvalue weighted by molar-refractivity contribution is 7.89. The first-order valence-corrected chi connectivity index (χ1v) is 7.75. The fourth-order valence-electron chi connectivity index (χ4n) is 2.04. The summed E-state index contributed by atoms with van der Waals surface area (Å²) >= 11 is 0. The number of pyridine rings is 1. The molecule has 0 unspecified atom stereocenters. The maximum atomic E-state index is 12.2. The molecule has 3 rings (SSSR count). The van der Waals surface area contributed by atoms with Crippen LogP contribution in [-0.4, -0.2) is 24.4 Å². The molecular formula is C17H23N3O4S. The molecule has 1 aromatic heterocycles. The van der Waals surface area contributed by atoms with Crippen molar-refractivity contribution in [1.82, 2.24) is 9.71 Å². The number of nitrogens with one attached hydrogen (secondary N) is 2. The van der Waals surface area contributed by atoms with Gasteiger partial charge < -0.3 is 10.4 Å². The number of carbonyl (C=O) groups excluding carboxylic acids is 1. The molecule has 136 valence electrons. The van der Waals surface area contributed by atoms with E-state index in [2.05, 4.69) is 15.0 Å². The predicted octanol–water partition coefficient (Wildman–Crippen LogP) is 3.15. The van der Waals surface area contributed by atoms with Gasteiger partial charge in [0.2, 0.25) is 0 Å². The monoisotopic (exact) mass is 365 g/mol. The van der Waals surface area contributed by atoms with E-state index in [0.717, 1.165) is 0 Å². The zero-order chi connectivity index (χ0) is 15.7. The Hall–Kier alpha value is -2.87. The average molecular weight is 365 g/mol. The highest BCUT2D eigenvalue weighted by atomic mass is 32.2. The van der Waals surface area contributed by atoms with Gasteiger partial charge in [-0.15, -0.1) is 0 Å². The molecule has 1 aliphatic heterocycles. The molecule has 7 nitrogen and oxygen atoms in total. The van der Waals surface area contributed by atoms with Gasteiger partial charge in [-0.2, -0.15) is 0 Å². The fourth-order valence-corrected chi connectivity index (χ4v) is 3.32. The van der Waals surface area contributed by atoms with Crippen LogP contribution in [0.4, 0.5) is 5.82 Å². The third-order valence-electron chi connectivity index (χ3n) is 3.04. The molecule has 0 radical (unpaired) electrons. The van der Waals surface area contributed by atoms with E-state index in [9.17, 15) is 18.3 Å². The van der Waals surface area contributed by atoms with Crippen molar-refractivity contribution < 1.29 is 18.3 Å². The van der Waals surface area contributed by atoms with Crippen molar-refractivity contribution in [2.45, 2.75) is 27.2 Å².